The predicted molar refractivity (Wildman–Crippen MR) is 96.6 cm³/mol. The fourth-order valence-electron chi connectivity index (χ4n) is 3.76. The van der Waals surface area contributed by atoms with Gasteiger partial charge in [-0.1, -0.05) is 13.8 Å². The Balaban J connectivity index is 1.50. The van der Waals surface area contributed by atoms with Crippen molar-refractivity contribution in [2.24, 2.45) is 11.8 Å². The molecular weight excluding hydrogens is 340 g/mol. The van der Waals surface area contributed by atoms with E-state index in [1.54, 1.807) is 12.1 Å². The fourth-order valence-corrected chi connectivity index (χ4v) is 4.85. The van der Waals surface area contributed by atoms with Crippen LogP contribution in [0.1, 0.15) is 26.7 Å². The second kappa shape index (κ2) is 7.93. The number of benzene rings is 1. The summed E-state index contributed by atoms with van der Waals surface area (Å²) in [7, 11) is -3.52. The Morgan fingerprint density at radius 3 is 2.52 bits per heavy atom. The van der Waals surface area contributed by atoms with Crippen LogP contribution in [0.2, 0.25) is 0 Å². The summed E-state index contributed by atoms with van der Waals surface area (Å²) < 4.78 is 38.5. The van der Waals surface area contributed by atoms with E-state index in [9.17, 15) is 8.42 Å². The van der Waals surface area contributed by atoms with Crippen LogP contribution in [0.25, 0.3) is 0 Å². The Labute approximate surface area is 150 Å². The summed E-state index contributed by atoms with van der Waals surface area (Å²) in [6.45, 7) is 9.09. The highest BCUT2D eigenvalue weighted by atomic mass is 32.2. The Morgan fingerprint density at radius 2 is 1.80 bits per heavy atom. The van der Waals surface area contributed by atoms with Crippen LogP contribution >= 0.6 is 0 Å². The highest BCUT2D eigenvalue weighted by Gasteiger charge is 2.22. The molecule has 140 valence electrons. The molecule has 0 aliphatic carbocycles. The van der Waals surface area contributed by atoms with Crippen molar-refractivity contribution < 1.29 is 17.9 Å². The standard InChI is InChI=1S/C18H28N2O4S/c1-14-10-15(2)13-20(12-14)7-3-6-19-25(21,22)16-4-5-17-18(11-16)24-9-8-23-17/h4-5,11,14-15,19H,3,6-10,12-13H2,1-2H3. The molecule has 6 nitrogen and oxygen atoms in total. The third-order valence-electron chi connectivity index (χ3n) is 4.71. The van der Waals surface area contributed by atoms with Crippen LogP contribution in [0, 0.1) is 11.8 Å². The van der Waals surface area contributed by atoms with Crippen LogP contribution in [0.15, 0.2) is 23.1 Å². The van der Waals surface area contributed by atoms with Gasteiger partial charge in [-0.05, 0) is 43.4 Å². The topological polar surface area (TPSA) is 67.9 Å². The van der Waals surface area contributed by atoms with Crippen molar-refractivity contribution in [3.05, 3.63) is 18.2 Å². The monoisotopic (exact) mass is 368 g/mol. The number of rotatable bonds is 6. The van der Waals surface area contributed by atoms with Gasteiger partial charge in [0.1, 0.15) is 13.2 Å². The molecule has 25 heavy (non-hydrogen) atoms. The molecule has 2 unspecified atom stereocenters. The molecule has 7 heteroatoms. The first-order chi connectivity index (χ1) is 11.9. The largest absolute Gasteiger partial charge is 0.486 e. The van der Waals surface area contributed by atoms with Crippen LogP contribution in [-0.2, 0) is 10.0 Å². The highest BCUT2D eigenvalue weighted by Crippen LogP contribution is 2.32. The predicted octanol–water partition coefficient (Wildman–Crippen LogP) is 2.10. The van der Waals surface area contributed by atoms with E-state index in [4.69, 9.17) is 9.47 Å². The van der Waals surface area contributed by atoms with Gasteiger partial charge in [-0.2, -0.15) is 0 Å². The second-order valence-corrected chi connectivity index (χ2v) is 9.03. The quantitative estimate of drug-likeness (QED) is 0.779. The van der Waals surface area contributed by atoms with Gasteiger partial charge in [0.25, 0.3) is 0 Å². The minimum atomic E-state index is -3.52. The summed E-state index contributed by atoms with van der Waals surface area (Å²) in [6, 6.07) is 4.74. The molecule has 0 radical (unpaired) electrons. The molecule has 0 bridgehead atoms. The van der Waals surface area contributed by atoms with E-state index >= 15 is 0 Å². The molecule has 2 aliphatic rings. The molecule has 0 spiro atoms. The van der Waals surface area contributed by atoms with Gasteiger partial charge in [-0.3, -0.25) is 0 Å². The lowest BCUT2D eigenvalue weighted by Crippen LogP contribution is -2.40. The molecular formula is C18H28N2O4S. The summed E-state index contributed by atoms with van der Waals surface area (Å²) in [5, 5.41) is 0. The van der Waals surface area contributed by atoms with Crippen LogP contribution < -0.4 is 14.2 Å². The van der Waals surface area contributed by atoms with E-state index < -0.39 is 10.0 Å². The summed E-state index contributed by atoms with van der Waals surface area (Å²) in [6.07, 6.45) is 2.09. The molecule has 1 saturated heterocycles. The summed E-state index contributed by atoms with van der Waals surface area (Å²) in [4.78, 5) is 2.66. The van der Waals surface area contributed by atoms with E-state index in [-0.39, 0.29) is 4.90 Å². The maximum Gasteiger partial charge on any atom is 0.240 e. The SMILES string of the molecule is CC1CC(C)CN(CCCNS(=O)(=O)c2ccc3c(c2)OCCO3)C1. The lowest BCUT2D eigenvalue weighted by molar-refractivity contribution is 0.140. The van der Waals surface area contributed by atoms with E-state index in [1.807, 2.05) is 0 Å². The van der Waals surface area contributed by atoms with Gasteiger partial charge in [0.2, 0.25) is 10.0 Å². The van der Waals surface area contributed by atoms with Gasteiger partial charge in [0.05, 0.1) is 4.90 Å². The summed E-state index contributed by atoms with van der Waals surface area (Å²) in [5.41, 5.74) is 0. The molecule has 2 heterocycles. The first kappa shape index (κ1) is 18.5. The van der Waals surface area contributed by atoms with Crippen molar-refractivity contribution in [2.45, 2.75) is 31.6 Å². The molecule has 3 rings (SSSR count). The maximum atomic E-state index is 12.5. The highest BCUT2D eigenvalue weighted by molar-refractivity contribution is 7.89. The minimum Gasteiger partial charge on any atom is -0.486 e. The second-order valence-electron chi connectivity index (χ2n) is 7.26. The van der Waals surface area contributed by atoms with Crippen molar-refractivity contribution in [3.8, 4) is 11.5 Å². The molecule has 2 aliphatic heterocycles. The van der Waals surface area contributed by atoms with Crippen molar-refractivity contribution in [1.82, 2.24) is 9.62 Å². The zero-order valence-electron chi connectivity index (χ0n) is 15.0. The van der Waals surface area contributed by atoms with Gasteiger partial charge in [0.15, 0.2) is 11.5 Å². The van der Waals surface area contributed by atoms with Crippen LogP contribution in [0.3, 0.4) is 0 Å². The van der Waals surface area contributed by atoms with Crippen LogP contribution in [0.4, 0.5) is 0 Å². The van der Waals surface area contributed by atoms with E-state index in [2.05, 4.69) is 23.5 Å². The van der Waals surface area contributed by atoms with Gasteiger partial charge < -0.3 is 14.4 Å². The smallest absolute Gasteiger partial charge is 0.240 e. The van der Waals surface area contributed by atoms with E-state index in [0.29, 0.717) is 31.3 Å². The number of sulfonamides is 1. The van der Waals surface area contributed by atoms with Crippen LogP contribution in [0.5, 0.6) is 11.5 Å². The molecule has 1 aromatic rings. The van der Waals surface area contributed by atoms with Crippen LogP contribution in [-0.4, -0.2) is 52.7 Å². The molecule has 0 aromatic heterocycles. The molecule has 0 amide bonds. The normalized spacial score (nSPS) is 24.2. The zero-order chi connectivity index (χ0) is 17.9. The zero-order valence-corrected chi connectivity index (χ0v) is 15.8. The lowest BCUT2D eigenvalue weighted by atomic mass is 9.92. The average molecular weight is 368 g/mol. The number of likely N-dealkylation sites (tertiary alicyclic amines) is 1. The van der Waals surface area contributed by atoms with Crippen molar-refractivity contribution in [1.29, 1.82) is 0 Å². The van der Waals surface area contributed by atoms with Crippen molar-refractivity contribution in [3.63, 3.8) is 0 Å². The van der Waals surface area contributed by atoms with Crippen molar-refractivity contribution >= 4 is 10.0 Å². The third kappa shape index (κ3) is 4.86. The fraction of sp³-hybridized carbons (Fsp3) is 0.667. The van der Waals surface area contributed by atoms with Gasteiger partial charge in [0, 0.05) is 25.7 Å². The lowest BCUT2D eigenvalue weighted by Gasteiger charge is -2.34. The van der Waals surface area contributed by atoms with Gasteiger partial charge >= 0.3 is 0 Å². The molecule has 1 aromatic carbocycles. The Kier molecular flexibility index (Phi) is 5.86. The Hall–Kier alpha value is -1.31. The average Bonchev–Trinajstić information content (AvgIpc) is 2.57. The molecule has 1 N–H and O–H groups in total. The number of nitrogens with one attached hydrogen (secondary N) is 1. The number of ether oxygens (including phenoxy) is 2. The van der Waals surface area contributed by atoms with Crippen molar-refractivity contribution in [2.75, 3.05) is 39.4 Å². The summed E-state index contributed by atoms with van der Waals surface area (Å²) >= 11 is 0. The number of nitrogens with zero attached hydrogens (tertiary/aromatic N) is 1. The molecule has 2 atom stereocenters. The first-order valence-corrected chi connectivity index (χ1v) is 10.5. The Bertz CT molecular complexity index is 682. The van der Waals surface area contributed by atoms with E-state index in [0.717, 1.165) is 37.9 Å². The number of hydrogen-bond donors (Lipinski definition) is 1. The number of hydrogen-bond acceptors (Lipinski definition) is 5. The summed E-state index contributed by atoms with van der Waals surface area (Å²) in [5.74, 6) is 2.53. The number of fused-ring (bicyclic) bond motifs is 1. The maximum absolute atomic E-state index is 12.5. The van der Waals surface area contributed by atoms with E-state index in [1.165, 1.54) is 12.5 Å². The first-order valence-electron chi connectivity index (χ1n) is 9.06. The van der Waals surface area contributed by atoms with Gasteiger partial charge in [-0.15, -0.1) is 0 Å². The minimum absolute atomic E-state index is 0.219. The third-order valence-corrected chi connectivity index (χ3v) is 6.17. The molecule has 1 fully saturated rings. The van der Waals surface area contributed by atoms with Gasteiger partial charge in [-0.25, -0.2) is 13.1 Å². The number of piperidine rings is 1. The Morgan fingerprint density at radius 1 is 1.12 bits per heavy atom. The molecule has 0 saturated carbocycles.